The molecule has 10 rings (SSSR count). The van der Waals surface area contributed by atoms with Gasteiger partial charge in [-0.25, -0.2) is 4.79 Å². The molecule has 9 aromatic carbocycles. The highest BCUT2D eigenvalue weighted by Crippen LogP contribution is 2.36. The Hall–Kier alpha value is -10.1. The zero-order valence-electron chi connectivity index (χ0n) is 48.0. The Morgan fingerprint density at radius 3 is 1.32 bits per heavy atom. The number of nitrogen functional groups attached to an aromatic ring is 1. The van der Waals surface area contributed by atoms with Crippen LogP contribution in [-0.2, 0) is 43.2 Å². The molecular formula is C71H69N3O13. The van der Waals surface area contributed by atoms with Crippen molar-refractivity contribution in [3.05, 3.63) is 223 Å². The second-order valence-corrected chi connectivity index (χ2v) is 21.0. The summed E-state index contributed by atoms with van der Waals surface area (Å²) >= 11 is 0. The Labute approximate surface area is 504 Å². The number of hydrogen-bond donors (Lipinski definition) is 9. The number of primary amides is 2. The average Bonchev–Trinajstić information content (AvgIpc) is 1.87. The SMILES string of the molecule is CC(=O)CCc1cc(-c2ccccc2)ccc1-c1cccc(OC2O[C@H](C(=O)O)[C@@H](O)[C@H](O)[C@H]2O)c1.COc1cccc(-c2ccc(-c3cccc(O)c3)c(CCC(N)=O)c2)c1.NC(=O)CCc1cc(-c2ccc(N)cc2)ccc1-c1cccc(O)c1. The maximum Gasteiger partial charge on any atom is 0.335 e. The van der Waals surface area contributed by atoms with E-state index in [1.807, 2.05) is 133 Å². The summed E-state index contributed by atoms with van der Waals surface area (Å²) in [4.78, 5) is 45.6. The van der Waals surface area contributed by atoms with Gasteiger partial charge < -0.3 is 66.8 Å². The molecule has 0 saturated carbocycles. The lowest BCUT2D eigenvalue weighted by atomic mass is 9.92. The molecular weight excluding hydrogens is 1100 g/mol. The number of rotatable bonds is 19. The molecule has 446 valence electrons. The van der Waals surface area contributed by atoms with E-state index in [1.165, 1.54) is 0 Å². The topological polar surface area (TPSA) is 295 Å². The Kier molecular flexibility index (Phi) is 21.4. The fourth-order valence-electron chi connectivity index (χ4n) is 10.1. The molecule has 1 unspecified atom stereocenters. The Morgan fingerprint density at radius 2 is 0.851 bits per heavy atom. The summed E-state index contributed by atoms with van der Waals surface area (Å²) in [5, 5.41) is 59.0. The molecule has 2 amide bonds. The molecule has 0 aromatic heterocycles. The number of aliphatic carboxylic acids is 1. The molecule has 0 aliphatic carbocycles. The smallest absolute Gasteiger partial charge is 0.335 e. The van der Waals surface area contributed by atoms with Crippen LogP contribution >= 0.6 is 0 Å². The highest BCUT2D eigenvalue weighted by Gasteiger charge is 2.48. The Bertz CT molecular complexity index is 3850. The van der Waals surface area contributed by atoms with Gasteiger partial charge in [-0.15, -0.1) is 0 Å². The number of phenolic OH excluding ortho intramolecular Hbond substituents is 2. The van der Waals surface area contributed by atoms with Gasteiger partial charge >= 0.3 is 5.97 Å². The summed E-state index contributed by atoms with van der Waals surface area (Å²) in [5.41, 5.74) is 31.8. The molecule has 87 heavy (non-hydrogen) atoms. The van der Waals surface area contributed by atoms with Crippen LogP contribution in [0.5, 0.6) is 23.0 Å². The minimum atomic E-state index is -1.80. The van der Waals surface area contributed by atoms with Gasteiger partial charge in [0.1, 0.15) is 47.1 Å². The predicted molar refractivity (Wildman–Crippen MR) is 335 cm³/mol. The number of aryl methyl sites for hydroxylation is 3. The van der Waals surface area contributed by atoms with Crippen LogP contribution in [0, 0.1) is 0 Å². The lowest BCUT2D eigenvalue weighted by Crippen LogP contribution is -2.61. The summed E-state index contributed by atoms with van der Waals surface area (Å²) in [7, 11) is 1.64. The standard InChI is InChI=1S/C28H28O8.C22H21NO3.C21H20N2O2/c1-16(29)10-11-20-14-18(17-6-3-2-4-7-17)12-13-22(20)19-8-5-9-21(15-19)35-28-25(32)23(30)24(31)26(36-28)27(33)34;1-26-20-7-3-4-15(14-20)16-8-10-21(17-5-2-6-19(24)13-17)18(12-16)9-11-22(23)25;22-18-8-4-14(5-9-18)15-6-10-20(16-2-1-3-19(24)13-16)17(12-15)7-11-21(23)25/h2-9,12-15,23-26,28,30-32H,10-11H2,1H3,(H,33,34);2-8,10,12-14,24H,9,11H2,1H3,(H2,23,25);1-6,8-10,12-13,24H,7,11,22H2,(H2,23,25)/t23-,24-,25+,26-,28?;;/m0../s1. The van der Waals surface area contributed by atoms with Crippen molar-refractivity contribution in [2.24, 2.45) is 11.5 Å². The number of nitrogens with two attached hydrogens (primary N) is 3. The lowest BCUT2D eigenvalue weighted by Gasteiger charge is -2.38. The maximum atomic E-state index is 11.7. The summed E-state index contributed by atoms with van der Waals surface area (Å²) in [6.07, 6.45) is -5.89. The normalized spacial score (nSPS) is 16.0. The summed E-state index contributed by atoms with van der Waals surface area (Å²) < 4.78 is 16.2. The van der Waals surface area contributed by atoms with Gasteiger partial charge in [0.05, 0.1) is 7.11 Å². The molecule has 1 heterocycles. The second kappa shape index (κ2) is 29.6. The molecule has 9 aromatic rings. The van der Waals surface area contributed by atoms with E-state index in [9.17, 15) is 49.8 Å². The van der Waals surface area contributed by atoms with Gasteiger partial charge in [-0.3, -0.25) is 9.59 Å². The van der Waals surface area contributed by atoms with Crippen molar-refractivity contribution in [1.82, 2.24) is 0 Å². The molecule has 1 saturated heterocycles. The van der Waals surface area contributed by atoms with Crippen molar-refractivity contribution in [3.63, 3.8) is 0 Å². The molecule has 12 N–H and O–H groups in total. The highest BCUT2D eigenvalue weighted by molar-refractivity contribution is 5.81. The first-order valence-electron chi connectivity index (χ1n) is 28.1. The zero-order valence-corrected chi connectivity index (χ0v) is 48.0. The minimum absolute atomic E-state index is 0.0836. The van der Waals surface area contributed by atoms with Gasteiger partial charge in [0.25, 0.3) is 0 Å². The first-order valence-corrected chi connectivity index (χ1v) is 28.1. The van der Waals surface area contributed by atoms with E-state index in [0.29, 0.717) is 31.4 Å². The van der Waals surface area contributed by atoms with Crippen molar-refractivity contribution < 1.29 is 64.0 Å². The average molecular weight is 1170 g/mol. The number of hydrogen-bond acceptors (Lipinski definition) is 13. The number of carbonyl (C=O) groups excluding carboxylic acids is 3. The van der Waals surface area contributed by atoms with E-state index in [2.05, 4.69) is 18.2 Å². The van der Waals surface area contributed by atoms with Gasteiger partial charge in [0.2, 0.25) is 18.1 Å². The number of Topliss-reactive ketones (excluding diaryl/α,β-unsaturated/α-hetero) is 1. The zero-order chi connectivity index (χ0) is 62.1. The van der Waals surface area contributed by atoms with E-state index in [4.69, 9.17) is 31.4 Å². The first kappa shape index (κ1) is 62.9. The van der Waals surface area contributed by atoms with Crippen molar-refractivity contribution in [2.75, 3.05) is 12.8 Å². The number of ether oxygens (including phenoxy) is 3. The van der Waals surface area contributed by atoms with E-state index < -0.39 is 36.7 Å². The van der Waals surface area contributed by atoms with Crippen LogP contribution in [0.15, 0.2) is 206 Å². The van der Waals surface area contributed by atoms with Crippen molar-refractivity contribution in [3.8, 4) is 89.8 Å². The Balaban J connectivity index is 0.000000173. The quantitative estimate of drug-likeness (QED) is 0.0340. The number of carboxylic acid groups (broad SMARTS) is 1. The molecule has 1 fully saturated rings. The van der Waals surface area contributed by atoms with Crippen LogP contribution in [0.3, 0.4) is 0 Å². The number of aliphatic hydroxyl groups is 3. The monoisotopic (exact) mass is 1170 g/mol. The summed E-state index contributed by atoms with van der Waals surface area (Å²) in [6, 6.07) is 64.8. The van der Waals surface area contributed by atoms with Crippen LogP contribution in [0.25, 0.3) is 66.8 Å². The van der Waals surface area contributed by atoms with E-state index in [-0.39, 0.29) is 47.7 Å². The van der Waals surface area contributed by atoms with Gasteiger partial charge in [0, 0.05) is 24.9 Å². The second-order valence-electron chi connectivity index (χ2n) is 21.0. The number of carboxylic acids is 1. The van der Waals surface area contributed by atoms with Crippen LogP contribution in [-0.4, -0.2) is 92.0 Å². The van der Waals surface area contributed by atoms with Crippen molar-refractivity contribution in [2.45, 2.75) is 76.2 Å². The van der Waals surface area contributed by atoms with E-state index in [1.54, 1.807) is 68.6 Å². The van der Waals surface area contributed by atoms with E-state index >= 15 is 0 Å². The van der Waals surface area contributed by atoms with Gasteiger partial charge in [-0.05, 0) is 170 Å². The largest absolute Gasteiger partial charge is 0.508 e. The molecule has 1 aliphatic rings. The van der Waals surface area contributed by atoms with Gasteiger partial charge in [0.15, 0.2) is 6.10 Å². The third-order valence-corrected chi connectivity index (χ3v) is 14.6. The highest BCUT2D eigenvalue weighted by atomic mass is 16.7. The third kappa shape index (κ3) is 17.1. The van der Waals surface area contributed by atoms with Crippen molar-refractivity contribution >= 4 is 29.3 Å². The molecule has 0 spiro atoms. The fraction of sp³-hybridized carbons (Fsp3) is 0.183. The predicted octanol–water partition coefficient (Wildman–Crippen LogP) is 10.7. The molecule has 1 aliphatic heterocycles. The van der Waals surface area contributed by atoms with Crippen LogP contribution in [0.2, 0.25) is 0 Å². The van der Waals surface area contributed by atoms with E-state index in [0.717, 1.165) is 89.2 Å². The van der Waals surface area contributed by atoms with Crippen LogP contribution in [0.1, 0.15) is 42.9 Å². The molecule has 16 nitrogen and oxygen atoms in total. The first-order chi connectivity index (χ1) is 41.8. The minimum Gasteiger partial charge on any atom is -0.508 e. The van der Waals surface area contributed by atoms with Gasteiger partial charge in [-0.1, -0.05) is 146 Å². The number of methoxy groups -OCH3 is 1. The number of anilines is 1. The number of aliphatic hydroxyl groups excluding tert-OH is 3. The molecule has 0 bridgehead atoms. The third-order valence-electron chi connectivity index (χ3n) is 14.6. The van der Waals surface area contributed by atoms with Crippen molar-refractivity contribution in [1.29, 1.82) is 0 Å². The maximum absolute atomic E-state index is 11.7. The number of phenols is 2. The Morgan fingerprint density at radius 1 is 0.448 bits per heavy atom. The molecule has 5 atom stereocenters. The number of aromatic hydroxyl groups is 2. The number of benzene rings is 9. The fourth-order valence-corrected chi connectivity index (χ4v) is 10.1. The number of carbonyl (C=O) groups is 4. The summed E-state index contributed by atoms with van der Waals surface area (Å²) in [6.45, 7) is 1.56. The van der Waals surface area contributed by atoms with Crippen LogP contribution in [0.4, 0.5) is 5.69 Å². The summed E-state index contributed by atoms with van der Waals surface area (Å²) in [5.74, 6) is -0.587. The van der Waals surface area contributed by atoms with Crippen LogP contribution < -0.4 is 26.7 Å². The van der Waals surface area contributed by atoms with Gasteiger partial charge in [-0.2, -0.15) is 0 Å². The number of amides is 2. The molecule has 16 heteroatoms. The molecule has 0 radical (unpaired) electrons. The lowest BCUT2D eigenvalue weighted by molar-refractivity contribution is -0.271. The number of ketones is 1.